The summed E-state index contributed by atoms with van der Waals surface area (Å²) in [5.41, 5.74) is 6.06. The van der Waals surface area contributed by atoms with Crippen LogP contribution in [0.3, 0.4) is 0 Å². The van der Waals surface area contributed by atoms with Gasteiger partial charge in [0.15, 0.2) is 0 Å². The number of piperidine rings is 1. The predicted octanol–water partition coefficient (Wildman–Crippen LogP) is 1.17. The normalized spacial score (nSPS) is 27.6. The van der Waals surface area contributed by atoms with Crippen LogP contribution in [-0.2, 0) is 10.2 Å². The summed E-state index contributed by atoms with van der Waals surface area (Å²) in [5, 5.41) is 0. The third kappa shape index (κ3) is 2.75. The molecule has 1 aliphatic heterocycles. The molecule has 5 nitrogen and oxygen atoms in total. The molecule has 0 bridgehead atoms. The lowest BCUT2D eigenvalue weighted by Crippen LogP contribution is -2.46. The fourth-order valence-corrected chi connectivity index (χ4v) is 4.76. The average Bonchev–Trinajstić information content (AvgIpc) is 2.77. The molecule has 0 aromatic rings. The molecule has 0 unspecified atom stereocenters. The molecule has 0 aromatic carbocycles. The van der Waals surface area contributed by atoms with Crippen molar-refractivity contribution in [2.75, 3.05) is 26.2 Å². The molecule has 0 aromatic heterocycles. The number of nitrogens with one attached hydrogen (secondary N) is 1. The molecule has 0 atom stereocenters. The molecule has 6 heteroatoms. The van der Waals surface area contributed by atoms with Crippen LogP contribution in [0.5, 0.6) is 0 Å². The van der Waals surface area contributed by atoms with Gasteiger partial charge in [0.2, 0.25) is 0 Å². The first-order chi connectivity index (χ1) is 9.13. The molecule has 1 aliphatic carbocycles. The summed E-state index contributed by atoms with van der Waals surface area (Å²) in [4.78, 5) is 0. The van der Waals surface area contributed by atoms with E-state index in [4.69, 9.17) is 5.73 Å². The quantitative estimate of drug-likeness (QED) is 0.800. The Labute approximate surface area is 123 Å². The van der Waals surface area contributed by atoms with Gasteiger partial charge in [-0.1, -0.05) is 27.7 Å². The number of hydrogen-bond acceptors (Lipinski definition) is 3. The Morgan fingerprint density at radius 1 is 1.15 bits per heavy atom. The first-order valence-corrected chi connectivity index (χ1v) is 9.01. The SMILES string of the molecule is CC1(C)C(CNS(=O)(=O)N2CCC(CN)CC2)C1(C)C. The summed E-state index contributed by atoms with van der Waals surface area (Å²) < 4.78 is 29.0. The summed E-state index contributed by atoms with van der Waals surface area (Å²) in [5.74, 6) is 0.883. The number of rotatable bonds is 5. The summed E-state index contributed by atoms with van der Waals surface area (Å²) >= 11 is 0. The van der Waals surface area contributed by atoms with Crippen LogP contribution in [0.25, 0.3) is 0 Å². The fraction of sp³-hybridized carbons (Fsp3) is 1.00. The van der Waals surface area contributed by atoms with Gasteiger partial charge in [-0.05, 0) is 42.1 Å². The molecule has 1 saturated heterocycles. The smallest absolute Gasteiger partial charge is 0.279 e. The zero-order chi connectivity index (χ0) is 15.2. The second kappa shape index (κ2) is 5.23. The molecule has 118 valence electrons. The molecule has 0 amide bonds. The molecule has 1 heterocycles. The second-order valence-corrected chi connectivity index (χ2v) is 9.18. The van der Waals surface area contributed by atoms with Gasteiger partial charge in [0.1, 0.15) is 0 Å². The van der Waals surface area contributed by atoms with E-state index in [1.165, 1.54) is 0 Å². The molecular weight excluding hydrogens is 274 g/mol. The van der Waals surface area contributed by atoms with E-state index in [1.807, 2.05) is 0 Å². The highest BCUT2D eigenvalue weighted by atomic mass is 32.2. The minimum Gasteiger partial charge on any atom is -0.330 e. The van der Waals surface area contributed by atoms with E-state index < -0.39 is 10.2 Å². The second-order valence-electron chi connectivity index (χ2n) is 7.43. The highest BCUT2D eigenvalue weighted by Crippen LogP contribution is 2.67. The summed E-state index contributed by atoms with van der Waals surface area (Å²) in [6.07, 6.45) is 1.75. The lowest BCUT2D eigenvalue weighted by atomic mass is 9.99. The van der Waals surface area contributed by atoms with Crippen molar-refractivity contribution < 1.29 is 8.42 Å². The van der Waals surface area contributed by atoms with Crippen LogP contribution in [0.15, 0.2) is 0 Å². The van der Waals surface area contributed by atoms with Crippen LogP contribution in [0.1, 0.15) is 40.5 Å². The van der Waals surface area contributed by atoms with Crippen LogP contribution in [0.4, 0.5) is 0 Å². The van der Waals surface area contributed by atoms with Gasteiger partial charge in [-0.25, -0.2) is 4.72 Å². The van der Waals surface area contributed by atoms with Crippen molar-refractivity contribution in [3.8, 4) is 0 Å². The highest BCUT2D eigenvalue weighted by Gasteiger charge is 2.64. The van der Waals surface area contributed by atoms with E-state index in [2.05, 4.69) is 32.4 Å². The molecule has 0 spiro atoms. The van der Waals surface area contributed by atoms with Gasteiger partial charge >= 0.3 is 0 Å². The van der Waals surface area contributed by atoms with Gasteiger partial charge in [0.05, 0.1) is 0 Å². The van der Waals surface area contributed by atoms with Crippen molar-refractivity contribution in [1.82, 2.24) is 9.03 Å². The van der Waals surface area contributed by atoms with Gasteiger partial charge in [-0.3, -0.25) is 0 Å². The van der Waals surface area contributed by atoms with Crippen LogP contribution in [0.2, 0.25) is 0 Å². The first-order valence-electron chi connectivity index (χ1n) is 7.57. The molecular formula is C14H29N3O2S. The Morgan fingerprint density at radius 2 is 1.65 bits per heavy atom. The maximum absolute atomic E-state index is 12.3. The lowest BCUT2D eigenvalue weighted by molar-refractivity contribution is 0.275. The molecule has 1 saturated carbocycles. The first kappa shape index (κ1) is 16.2. The van der Waals surface area contributed by atoms with Crippen molar-refractivity contribution >= 4 is 10.2 Å². The number of hydrogen-bond donors (Lipinski definition) is 2. The van der Waals surface area contributed by atoms with E-state index in [0.717, 1.165) is 12.8 Å². The van der Waals surface area contributed by atoms with Gasteiger partial charge in [0.25, 0.3) is 10.2 Å². The Hall–Kier alpha value is -0.170. The van der Waals surface area contributed by atoms with E-state index >= 15 is 0 Å². The monoisotopic (exact) mass is 303 g/mol. The molecule has 0 radical (unpaired) electrons. The Morgan fingerprint density at radius 3 is 2.05 bits per heavy atom. The van der Waals surface area contributed by atoms with Crippen molar-refractivity contribution in [3.63, 3.8) is 0 Å². The third-order valence-corrected chi connectivity index (χ3v) is 7.61. The summed E-state index contributed by atoms with van der Waals surface area (Å²) in [6, 6.07) is 0. The predicted molar refractivity (Wildman–Crippen MR) is 81.3 cm³/mol. The Bertz CT molecular complexity index is 437. The number of nitrogens with two attached hydrogens (primary N) is 1. The molecule has 2 rings (SSSR count). The lowest BCUT2D eigenvalue weighted by Gasteiger charge is -2.30. The van der Waals surface area contributed by atoms with Crippen LogP contribution < -0.4 is 10.5 Å². The summed E-state index contributed by atoms with van der Waals surface area (Å²) in [7, 11) is -3.33. The van der Waals surface area contributed by atoms with Gasteiger partial charge < -0.3 is 5.73 Å². The van der Waals surface area contributed by atoms with Crippen molar-refractivity contribution in [3.05, 3.63) is 0 Å². The molecule has 2 fully saturated rings. The largest absolute Gasteiger partial charge is 0.330 e. The van der Waals surface area contributed by atoms with Gasteiger partial charge in [0, 0.05) is 19.6 Å². The van der Waals surface area contributed by atoms with Crippen LogP contribution >= 0.6 is 0 Å². The standard InChI is InChI=1S/C14H29N3O2S/c1-13(2)12(14(13,3)4)10-16-20(18,19)17-7-5-11(9-15)6-8-17/h11-12,16H,5-10,15H2,1-4H3. The van der Waals surface area contributed by atoms with Gasteiger partial charge in [-0.2, -0.15) is 12.7 Å². The molecule has 3 N–H and O–H groups in total. The highest BCUT2D eigenvalue weighted by molar-refractivity contribution is 7.87. The topological polar surface area (TPSA) is 75.4 Å². The number of nitrogens with zero attached hydrogens (tertiary/aromatic N) is 1. The van der Waals surface area contributed by atoms with Crippen molar-refractivity contribution in [1.29, 1.82) is 0 Å². The zero-order valence-electron chi connectivity index (χ0n) is 13.1. The zero-order valence-corrected chi connectivity index (χ0v) is 14.0. The molecule has 20 heavy (non-hydrogen) atoms. The van der Waals surface area contributed by atoms with E-state index in [0.29, 0.717) is 38.0 Å². The Kier molecular flexibility index (Phi) is 4.24. The van der Waals surface area contributed by atoms with E-state index in [-0.39, 0.29) is 10.8 Å². The maximum Gasteiger partial charge on any atom is 0.279 e. The molecule has 2 aliphatic rings. The van der Waals surface area contributed by atoms with Crippen LogP contribution in [0, 0.1) is 22.7 Å². The van der Waals surface area contributed by atoms with E-state index in [1.54, 1.807) is 4.31 Å². The minimum absolute atomic E-state index is 0.210. The Balaban J connectivity index is 1.87. The van der Waals surface area contributed by atoms with Crippen molar-refractivity contribution in [2.45, 2.75) is 40.5 Å². The van der Waals surface area contributed by atoms with Crippen molar-refractivity contribution in [2.24, 2.45) is 28.4 Å². The van der Waals surface area contributed by atoms with Crippen LogP contribution in [-0.4, -0.2) is 38.9 Å². The average molecular weight is 303 g/mol. The summed E-state index contributed by atoms with van der Waals surface area (Å²) in [6.45, 7) is 11.2. The van der Waals surface area contributed by atoms with Gasteiger partial charge in [-0.15, -0.1) is 0 Å². The third-order valence-electron chi connectivity index (χ3n) is 6.04. The maximum atomic E-state index is 12.3. The van der Waals surface area contributed by atoms with E-state index in [9.17, 15) is 8.42 Å². The minimum atomic E-state index is -3.33. The fourth-order valence-electron chi connectivity index (χ4n) is 3.51.